The van der Waals surface area contributed by atoms with Gasteiger partial charge < -0.3 is 10.8 Å². The molecular weight excluding hydrogens is 184 g/mol. The highest BCUT2D eigenvalue weighted by Crippen LogP contribution is 2.38. The summed E-state index contributed by atoms with van der Waals surface area (Å²) in [4.78, 5) is 11.3. The maximum absolute atomic E-state index is 11.3. The number of carbonyl (C=O) groups excluding carboxylic acids is 1. The van der Waals surface area contributed by atoms with E-state index in [1.807, 2.05) is 0 Å². The Kier molecular flexibility index (Phi) is 1.99. The number of amides is 1. The summed E-state index contributed by atoms with van der Waals surface area (Å²) in [6.07, 6.45) is 3.95. The van der Waals surface area contributed by atoms with Gasteiger partial charge in [-0.2, -0.15) is 0 Å². The smallest absolute Gasteiger partial charge is 0.245 e. The van der Waals surface area contributed by atoms with Crippen LogP contribution in [-0.4, -0.2) is 26.0 Å². The molecule has 0 atom stereocenters. The number of hydrogen-bond acceptors (Lipinski definition) is 4. The molecule has 3 N–H and O–H groups in total. The van der Waals surface area contributed by atoms with Crippen molar-refractivity contribution in [1.82, 2.24) is 15.0 Å². The third-order valence-electron chi connectivity index (χ3n) is 2.78. The maximum atomic E-state index is 11.3. The zero-order valence-corrected chi connectivity index (χ0v) is 7.68. The fraction of sp³-hybridized carbons (Fsp3) is 0.625. The van der Waals surface area contributed by atoms with Crippen LogP contribution in [0.1, 0.15) is 25.0 Å². The Morgan fingerprint density at radius 1 is 1.71 bits per heavy atom. The summed E-state index contributed by atoms with van der Waals surface area (Å²) < 4.78 is 1.48. The zero-order chi connectivity index (χ0) is 10.2. The maximum Gasteiger partial charge on any atom is 0.245 e. The highest BCUT2D eigenvalue weighted by Gasteiger charge is 2.45. The van der Waals surface area contributed by atoms with Crippen LogP contribution in [0.25, 0.3) is 0 Å². The number of aliphatic hydroxyl groups excluding tert-OH is 1. The van der Waals surface area contributed by atoms with Crippen LogP contribution in [-0.2, 0) is 16.9 Å². The van der Waals surface area contributed by atoms with Gasteiger partial charge in [-0.1, -0.05) is 5.21 Å². The van der Waals surface area contributed by atoms with Crippen molar-refractivity contribution in [3.8, 4) is 0 Å². The quantitative estimate of drug-likeness (QED) is 0.657. The molecule has 14 heavy (non-hydrogen) atoms. The lowest BCUT2D eigenvalue weighted by Gasteiger charge is -2.38. The number of nitrogens with two attached hydrogens (primary N) is 1. The van der Waals surface area contributed by atoms with Crippen molar-refractivity contribution in [2.45, 2.75) is 31.4 Å². The Bertz CT molecular complexity index is 356. The number of hydrogen-bond donors (Lipinski definition) is 2. The van der Waals surface area contributed by atoms with Gasteiger partial charge in [0.25, 0.3) is 0 Å². The van der Waals surface area contributed by atoms with Crippen LogP contribution in [0.4, 0.5) is 0 Å². The normalized spacial score (nSPS) is 18.9. The first-order valence-electron chi connectivity index (χ1n) is 4.51. The number of rotatable bonds is 3. The van der Waals surface area contributed by atoms with Gasteiger partial charge in [-0.3, -0.25) is 4.79 Å². The SMILES string of the molecule is NC(=O)C1(n2cc(CO)nn2)CCC1. The average Bonchev–Trinajstić information content (AvgIpc) is 2.50. The van der Waals surface area contributed by atoms with Gasteiger partial charge in [0.1, 0.15) is 11.2 Å². The predicted molar refractivity (Wildman–Crippen MR) is 47.0 cm³/mol. The molecule has 6 nitrogen and oxygen atoms in total. The molecule has 1 heterocycles. The van der Waals surface area contributed by atoms with E-state index in [4.69, 9.17) is 10.8 Å². The van der Waals surface area contributed by atoms with Gasteiger partial charge in [0.15, 0.2) is 0 Å². The molecule has 1 saturated carbocycles. The summed E-state index contributed by atoms with van der Waals surface area (Å²) in [5, 5.41) is 16.3. The average molecular weight is 196 g/mol. The third kappa shape index (κ3) is 1.11. The first kappa shape index (κ1) is 9.14. The number of nitrogens with zero attached hydrogens (tertiary/aromatic N) is 3. The molecule has 0 radical (unpaired) electrons. The molecule has 2 rings (SSSR count). The van der Waals surface area contributed by atoms with E-state index >= 15 is 0 Å². The van der Waals surface area contributed by atoms with Crippen LogP contribution >= 0.6 is 0 Å². The Hall–Kier alpha value is -1.43. The van der Waals surface area contributed by atoms with E-state index in [1.165, 1.54) is 4.68 Å². The van der Waals surface area contributed by atoms with Crippen molar-refractivity contribution in [2.75, 3.05) is 0 Å². The largest absolute Gasteiger partial charge is 0.390 e. The molecule has 0 saturated heterocycles. The molecule has 1 fully saturated rings. The molecule has 0 aliphatic heterocycles. The van der Waals surface area contributed by atoms with Gasteiger partial charge in [0.05, 0.1) is 12.8 Å². The summed E-state index contributed by atoms with van der Waals surface area (Å²) in [5.74, 6) is -0.377. The second-order valence-corrected chi connectivity index (χ2v) is 3.56. The minimum atomic E-state index is -0.694. The monoisotopic (exact) mass is 196 g/mol. The number of aliphatic hydroxyl groups is 1. The summed E-state index contributed by atoms with van der Waals surface area (Å²) in [6.45, 7) is -0.172. The van der Waals surface area contributed by atoms with Crippen molar-refractivity contribution < 1.29 is 9.90 Å². The van der Waals surface area contributed by atoms with Crippen LogP contribution in [0.3, 0.4) is 0 Å². The lowest BCUT2D eigenvalue weighted by Crippen LogP contribution is -2.51. The van der Waals surface area contributed by atoms with Crippen molar-refractivity contribution in [3.05, 3.63) is 11.9 Å². The van der Waals surface area contributed by atoms with E-state index in [-0.39, 0.29) is 12.5 Å². The molecule has 0 spiro atoms. The lowest BCUT2D eigenvalue weighted by molar-refractivity contribution is -0.131. The molecule has 1 aromatic heterocycles. The molecule has 1 aromatic rings. The molecule has 1 amide bonds. The second-order valence-electron chi connectivity index (χ2n) is 3.56. The van der Waals surface area contributed by atoms with E-state index < -0.39 is 5.54 Å². The molecule has 6 heteroatoms. The molecule has 0 unspecified atom stereocenters. The van der Waals surface area contributed by atoms with Gasteiger partial charge in [0, 0.05) is 0 Å². The van der Waals surface area contributed by atoms with E-state index in [0.717, 1.165) is 6.42 Å². The van der Waals surface area contributed by atoms with Gasteiger partial charge in [-0.25, -0.2) is 4.68 Å². The highest BCUT2D eigenvalue weighted by molar-refractivity contribution is 5.83. The Morgan fingerprint density at radius 3 is 2.79 bits per heavy atom. The number of carbonyl (C=O) groups is 1. The molecule has 0 bridgehead atoms. The second kappa shape index (κ2) is 3.06. The standard InChI is InChI=1S/C8H12N4O2/c9-7(14)8(2-1-3-8)12-4-6(5-13)10-11-12/h4,13H,1-3,5H2,(H2,9,14). The molecular formula is C8H12N4O2. The van der Waals surface area contributed by atoms with Crippen LogP contribution in [0.2, 0.25) is 0 Å². The van der Waals surface area contributed by atoms with Crippen LogP contribution < -0.4 is 5.73 Å². The molecule has 1 aliphatic carbocycles. The van der Waals surface area contributed by atoms with Crippen molar-refractivity contribution >= 4 is 5.91 Å². The first-order chi connectivity index (χ1) is 6.69. The van der Waals surface area contributed by atoms with E-state index in [9.17, 15) is 4.79 Å². The third-order valence-corrected chi connectivity index (χ3v) is 2.78. The van der Waals surface area contributed by atoms with Crippen LogP contribution in [0, 0.1) is 0 Å². The predicted octanol–water partition coefficient (Wildman–Crippen LogP) is -0.865. The van der Waals surface area contributed by atoms with Crippen molar-refractivity contribution in [1.29, 1.82) is 0 Å². The lowest BCUT2D eigenvalue weighted by atomic mass is 9.76. The zero-order valence-electron chi connectivity index (χ0n) is 7.68. The molecule has 0 aromatic carbocycles. The van der Waals surface area contributed by atoms with Crippen LogP contribution in [0.15, 0.2) is 6.20 Å². The molecule has 76 valence electrons. The number of aromatic nitrogens is 3. The topological polar surface area (TPSA) is 94.0 Å². The fourth-order valence-electron chi connectivity index (χ4n) is 1.68. The highest BCUT2D eigenvalue weighted by atomic mass is 16.3. The Morgan fingerprint density at radius 2 is 2.43 bits per heavy atom. The van der Waals surface area contributed by atoms with Crippen molar-refractivity contribution in [3.63, 3.8) is 0 Å². The Labute approximate surface area is 80.7 Å². The first-order valence-corrected chi connectivity index (χ1v) is 4.51. The van der Waals surface area contributed by atoms with Crippen LogP contribution in [0.5, 0.6) is 0 Å². The van der Waals surface area contributed by atoms with Gasteiger partial charge in [-0.15, -0.1) is 5.10 Å². The minimum absolute atomic E-state index is 0.172. The molecule has 1 aliphatic rings. The van der Waals surface area contributed by atoms with Gasteiger partial charge in [0.2, 0.25) is 5.91 Å². The van der Waals surface area contributed by atoms with E-state index in [2.05, 4.69) is 10.3 Å². The Balaban J connectivity index is 2.32. The van der Waals surface area contributed by atoms with Crippen molar-refractivity contribution in [2.24, 2.45) is 5.73 Å². The number of primary amides is 1. The minimum Gasteiger partial charge on any atom is -0.390 e. The summed E-state index contributed by atoms with van der Waals surface area (Å²) in [7, 11) is 0. The summed E-state index contributed by atoms with van der Waals surface area (Å²) in [5.41, 5.74) is 5.09. The fourth-order valence-corrected chi connectivity index (χ4v) is 1.68. The summed E-state index contributed by atoms with van der Waals surface area (Å²) in [6, 6.07) is 0. The van der Waals surface area contributed by atoms with E-state index in [1.54, 1.807) is 6.20 Å². The van der Waals surface area contributed by atoms with Gasteiger partial charge >= 0.3 is 0 Å². The summed E-state index contributed by atoms with van der Waals surface area (Å²) >= 11 is 0. The van der Waals surface area contributed by atoms with Gasteiger partial charge in [-0.05, 0) is 19.3 Å². The van der Waals surface area contributed by atoms with E-state index in [0.29, 0.717) is 18.5 Å².